The van der Waals surface area contributed by atoms with Crippen LogP contribution in [0.2, 0.25) is 0 Å². The van der Waals surface area contributed by atoms with Crippen LogP contribution >= 0.6 is 0 Å². The van der Waals surface area contributed by atoms with Crippen LogP contribution in [0.5, 0.6) is 5.75 Å². The predicted octanol–water partition coefficient (Wildman–Crippen LogP) is 2.24. The maximum Gasteiger partial charge on any atom is 0.119 e. The molecule has 0 amide bonds. The van der Waals surface area contributed by atoms with Gasteiger partial charge in [0.25, 0.3) is 0 Å². The van der Waals surface area contributed by atoms with Crippen molar-refractivity contribution in [2.45, 2.75) is 13.1 Å². The van der Waals surface area contributed by atoms with Gasteiger partial charge in [-0.3, -0.25) is 4.68 Å². The summed E-state index contributed by atoms with van der Waals surface area (Å²) >= 11 is 0. The lowest BCUT2D eigenvalue weighted by molar-refractivity contribution is 0.363. The summed E-state index contributed by atoms with van der Waals surface area (Å²) in [5.74, 6) is 0.875. The highest BCUT2D eigenvalue weighted by molar-refractivity contribution is 5.27. The molecule has 0 unspecified atom stereocenters. The second-order valence-electron chi connectivity index (χ2n) is 4.19. The molecular formula is C15H19N3O. The molecule has 2 rings (SSSR count). The van der Waals surface area contributed by atoms with Gasteiger partial charge < -0.3 is 10.1 Å². The molecule has 4 nitrogen and oxygen atoms in total. The zero-order valence-electron chi connectivity index (χ0n) is 11.0. The van der Waals surface area contributed by atoms with E-state index in [1.807, 2.05) is 29.1 Å². The number of nitrogens with zero attached hydrogens (tertiary/aromatic N) is 2. The van der Waals surface area contributed by atoms with Gasteiger partial charge in [-0.1, -0.05) is 24.8 Å². The highest BCUT2D eigenvalue weighted by Gasteiger charge is 1.95. The average molecular weight is 257 g/mol. The van der Waals surface area contributed by atoms with E-state index in [-0.39, 0.29) is 0 Å². The lowest BCUT2D eigenvalue weighted by Gasteiger charge is -2.07. The first-order valence-corrected chi connectivity index (χ1v) is 6.39. The van der Waals surface area contributed by atoms with Gasteiger partial charge in [0.2, 0.25) is 0 Å². The van der Waals surface area contributed by atoms with Gasteiger partial charge in [0.15, 0.2) is 0 Å². The van der Waals surface area contributed by atoms with Crippen LogP contribution in [0, 0.1) is 0 Å². The minimum Gasteiger partial charge on any atom is -0.490 e. The monoisotopic (exact) mass is 257 g/mol. The maximum absolute atomic E-state index is 5.43. The SMILES string of the molecule is C=CCOc1ccc(CNCCn2cccn2)cc1. The Morgan fingerprint density at radius 2 is 2.16 bits per heavy atom. The Bertz CT molecular complexity index is 477. The van der Waals surface area contributed by atoms with Gasteiger partial charge >= 0.3 is 0 Å². The van der Waals surface area contributed by atoms with Crippen LogP contribution in [-0.2, 0) is 13.1 Å². The molecule has 4 heteroatoms. The Balaban J connectivity index is 1.69. The number of aromatic nitrogens is 2. The Labute approximate surface area is 113 Å². The third kappa shape index (κ3) is 4.60. The first-order valence-electron chi connectivity index (χ1n) is 6.39. The van der Waals surface area contributed by atoms with Gasteiger partial charge in [0, 0.05) is 25.5 Å². The van der Waals surface area contributed by atoms with Gasteiger partial charge in [-0.25, -0.2) is 0 Å². The zero-order chi connectivity index (χ0) is 13.3. The van der Waals surface area contributed by atoms with Crippen molar-refractivity contribution in [2.75, 3.05) is 13.2 Å². The number of nitrogens with one attached hydrogen (secondary N) is 1. The lowest BCUT2D eigenvalue weighted by atomic mass is 10.2. The number of hydrogen-bond donors (Lipinski definition) is 1. The van der Waals surface area contributed by atoms with Gasteiger partial charge in [0.05, 0.1) is 6.54 Å². The van der Waals surface area contributed by atoms with Crippen molar-refractivity contribution in [1.82, 2.24) is 15.1 Å². The van der Waals surface area contributed by atoms with Crippen molar-refractivity contribution >= 4 is 0 Å². The molecule has 1 heterocycles. The van der Waals surface area contributed by atoms with Gasteiger partial charge in [-0.05, 0) is 23.8 Å². The molecule has 2 aromatic rings. The van der Waals surface area contributed by atoms with E-state index in [1.165, 1.54) is 5.56 Å². The maximum atomic E-state index is 5.43. The van der Waals surface area contributed by atoms with Crippen LogP contribution < -0.4 is 10.1 Å². The molecule has 100 valence electrons. The van der Waals surface area contributed by atoms with E-state index in [0.717, 1.165) is 25.4 Å². The summed E-state index contributed by atoms with van der Waals surface area (Å²) in [6.45, 7) is 6.80. The summed E-state index contributed by atoms with van der Waals surface area (Å²) in [7, 11) is 0. The predicted molar refractivity (Wildman–Crippen MR) is 76.1 cm³/mol. The van der Waals surface area contributed by atoms with E-state index in [9.17, 15) is 0 Å². The molecule has 1 aromatic heterocycles. The third-order valence-corrected chi connectivity index (χ3v) is 2.70. The summed E-state index contributed by atoms with van der Waals surface area (Å²) in [5, 5.41) is 7.54. The van der Waals surface area contributed by atoms with Crippen molar-refractivity contribution in [1.29, 1.82) is 0 Å². The van der Waals surface area contributed by atoms with Crippen LogP contribution in [0.3, 0.4) is 0 Å². The topological polar surface area (TPSA) is 39.1 Å². The van der Waals surface area contributed by atoms with Crippen molar-refractivity contribution in [3.05, 3.63) is 60.9 Å². The van der Waals surface area contributed by atoms with Crippen LogP contribution in [0.25, 0.3) is 0 Å². The molecule has 0 atom stereocenters. The van der Waals surface area contributed by atoms with Crippen molar-refractivity contribution in [3.8, 4) is 5.75 Å². The molecule has 19 heavy (non-hydrogen) atoms. The van der Waals surface area contributed by atoms with Gasteiger partial charge in [-0.15, -0.1) is 0 Å². The minimum atomic E-state index is 0.543. The van der Waals surface area contributed by atoms with Crippen molar-refractivity contribution in [2.24, 2.45) is 0 Å². The Morgan fingerprint density at radius 3 is 2.84 bits per heavy atom. The molecule has 1 aromatic carbocycles. The summed E-state index contributed by atoms with van der Waals surface area (Å²) in [5.41, 5.74) is 1.24. The van der Waals surface area contributed by atoms with E-state index in [4.69, 9.17) is 4.74 Å². The molecule has 0 radical (unpaired) electrons. The zero-order valence-corrected chi connectivity index (χ0v) is 11.0. The normalized spacial score (nSPS) is 10.3. The van der Waals surface area contributed by atoms with E-state index in [0.29, 0.717) is 6.61 Å². The van der Waals surface area contributed by atoms with E-state index >= 15 is 0 Å². The number of ether oxygens (including phenoxy) is 1. The highest BCUT2D eigenvalue weighted by Crippen LogP contribution is 2.11. The summed E-state index contributed by atoms with van der Waals surface area (Å²) < 4.78 is 7.35. The molecule has 1 N–H and O–H groups in total. The Morgan fingerprint density at radius 1 is 1.32 bits per heavy atom. The first kappa shape index (κ1) is 13.4. The molecule has 0 aliphatic rings. The lowest BCUT2D eigenvalue weighted by Crippen LogP contribution is -2.19. The fourth-order valence-electron chi connectivity index (χ4n) is 1.72. The van der Waals surface area contributed by atoms with E-state index in [2.05, 4.69) is 29.1 Å². The molecule has 0 fully saturated rings. The molecule has 0 aliphatic carbocycles. The van der Waals surface area contributed by atoms with Crippen LogP contribution in [0.1, 0.15) is 5.56 Å². The Hall–Kier alpha value is -2.07. The van der Waals surface area contributed by atoms with E-state index < -0.39 is 0 Å². The van der Waals surface area contributed by atoms with Crippen LogP contribution in [-0.4, -0.2) is 22.9 Å². The second kappa shape index (κ2) is 7.38. The summed E-state index contributed by atoms with van der Waals surface area (Å²) in [6, 6.07) is 10.0. The summed E-state index contributed by atoms with van der Waals surface area (Å²) in [6.07, 6.45) is 5.50. The smallest absolute Gasteiger partial charge is 0.119 e. The second-order valence-corrected chi connectivity index (χ2v) is 4.19. The summed E-state index contributed by atoms with van der Waals surface area (Å²) in [4.78, 5) is 0. The minimum absolute atomic E-state index is 0.543. The highest BCUT2D eigenvalue weighted by atomic mass is 16.5. The number of benzene rings is 1. The third-order valence-electron chi connectivity index (χ3n) is 2.70. The quantitative estimate of drug-likeness (QED) is 0.582. The Kier molecular flexibility index (Phi) is 5.19. The van der Waals surface area contributed by atoms with Crippen molar-refractivity contribution < 1.29 is 4.74 Å². The van der Waals surface area contributed by atoms with Crippen molar-refractivity contribution in [3.63, 3.8) is 0 Å². The number of hydrogen-bond acceptors (Lipinski definition) is 3. The van der Waals surface area contributed by atoms with Crippen LogP contribution in [0.4, 0.5) is 0 Å². The average Bonchev–Trinajstić information content (AvgIpc) is 2.96. The van der Waals surface area contributed by atoms with E-state index in [1.54, 1.807) is 12.3 Å². The molecular weight excluding hydrogens is 238 g/mol. The van der Waals surface area contributed by atoms with Gasteiger partial charge in [-0.2, -0.15) is 5.10 Å². The molecule has 0 saturated carbocycles. The molecule has 0 bridgehead atoms. The number of rotatable bonds is 8. The molecule has 0 spiro atoms. The van der Waals surface area contributed by atoms with Crippen LogP contribution in [0.15, 0.2) is 55.4 Å². The first-order chi connectivity index (χ1) is 9.38. The van der Waals surface area contributed by atoms with Gasteiger partial charge in [0.1, 0.15) is 12.4 Å². The standard InChI is InChI=1S/C15H19N3O/c1-2-12-19-15-6-4-14(5-7-15)13-16-9-11-18-10-3-8-17-18/h2-8,10,16H,1,9,11-13H2. The molecule has 0 saturated heterocycles. The fourth-order valence-corrected chi connectivity index (χ4v) is 1.72. The largest absolute Gasteiger partial charge is 0.490 e. The molecule has 0 aliphatic heterocycles. The fraction of sp³-hybridized carbons (Fsp3) is 0.267.